The van der Waals surface area contributed by atoms with Crippen LogP contribution in [0.5, 0.6) is 0 Å². The first-order valence-corrected chi connectivity index (χ1v) is 5.74. The molecule has 0 spiro atoms. The maximum Gasteiger partial charge on any atom is 0.224 e. The van der Waals surface area contributed by atoms with E-state index in [1.54, 1.807) is 0 Å². The van der Waals surface area contributed by atoms with Crippen LogP contribution in [0.25, 0.3) is 0 Å². The summed E-state index contributed by atoms with van der Waals surface area (Å²) < 4.78 is 0. The van der Waals surface area contributed by atoms with E-state index in [9.17, 15) is 4.79 Å². The Kier molecular flexibility index (Phi) is 7.33. The Balaban J connectivity index is 0.000000442. The minimum Gasteiger partial charge on any atom is -0.326 e. The van der Waals surface area contributed by atoms with E-state index in [1.807, 2.05) is 45.9 Å². The van der Waals surface area contributed by atoms with E-state index in [-0.39, 0.29) is 5.91 Å². The van der Waals surface area contributed by atoms with Gasteiger partial charge in [-0.1, -0.05) is 45.9 Å². The average Bonchev–Trinajstić information content (AvgIpc) is 2.34. The standard InChI is InChI=1S/C9H9NO.2C2H6/c11-9-6-5-7-3-1-2-4-8(7)10-9;2*1-2/h1-4H,5-6H2,(H,10,11);2*1-2H3. The third-order valence-corrected chi connectivity index (χ3v) is 1.91. The van der Waals surface area contributed by atoms with Gasteiger partial charge in [-0.3, -0.25) is 4.79 Å². The lowest BCUT2D eigenvalue weighted by atomic mass is 10.0. The fourth-order valence-corrected chi connectivity index (χ4v) is 1.32. The molecule has 84 valence electrons. The van der Waals surface area contributed by atoms with E-state index in [0.717, 1.165) is 12.1 Å². The van der Waals surface area contributed by atoms with Gasteiger partial charge in [-0.2, -0.15) is 0 Å². The molecule has 1 aromatic rings. The molecule has 2 rings (SSSR count). The van der Waals surface area contributed by atoms with Crippen LogP contribution in [-0.2, 0) is 11.2 Å². The van der Waals surface area contributed by atoms with Gasteiger partial charge in [-0.15, -0.1) is 0 Å². The molecular formula is C13H21NO. The predicted molar refractivity (Wildman–Crippen MR) is 66.1 cm³/mol. The molecule has 1 aliphatic rings. The summed E-state index contributed by atoms with van der Waals surface area (Å²) >= 11 is 0. The highest BCUT2D eigenvalue weighted by Gasteiger charge is 2.12. The van der Waals surface area contributed by atoms with Crippen LogP contribution in [0.3, 0.4) is 0 Å². The Labute approximate surface area is 92.7 Å². The minimum absolute atomic E-state index is 0.128. The normalized spacial score (nSPS) is 12.1. The number of aryl methyl sites for hydroxylation is 1. The second-order valence-corrected chi connectivity index (χ2v) is 2.71. The number of fused-ring (bicyclic) bond motifs is 1. The third-order valence-electron chi connectivity index (χ3n) is 1.91. The maximum atomic E-state index is 10.9. The molecule has 0 aromatic heterocycles. The van der Waals surface area contributed by atoms with Gasteiger partial charge in [0.15, 0.2) is 0 Å². The first-order chi connectivity index (χ1) is 7.36. The second-order valence-electron chi connectivity index (χ2n) is 2.71. The Morgan fingerprint density at radius 2 is 1.60 bits per heavy atom. The molecule has 0 unspecified atom stereocenters. The van der Waals surface area contributed by atoms with Crippen molar-refractivity contribution >= 4 is 11.6 Å². The topological polar surface area (TPSA) is 29.1 Å². The van der Waals surface area contributed by atoms with Gasteiger partial charge in [0.05, 0.1) is 0 Å². The first kappa shape index (κ1) is 13.7. The summed E-state index contributed by atoms with van der Waals surface area (Å²) in [4.78, 5) is 10.9. The molecular weight excluding hydrogens is 186 g/mol. The molecule has 1 heterocycles. The van der Waals surface area contributed by atoms with E-state index in [4.69, 9.17) is 0 Å². The lowest BCUT2D eigenvalue weighted by Crippen LogP contribution is -2.18. The molecule has 0 radical (unpaired) electrons. The Hall–Kier alpha value is -1.31. The molecule has 15 heavy (non-hydrogen) atoms. The number of para-hydroxylation sites is 1. The Bertz CT molecular complexity index is 294. The minimum atomic E-state index is 0.128. The zero-order valence-electron chi connectivity index (χ0n) is 10.1. The molecule has 2 heteroatoms. The summed E-state index contributed by atoms with van der Waals surface area (Å²) in [6, 6.07) is 7.92. The number of benzene rings is 1. The fraction of sp³-hybridized carbons (Fsp3) is 0.462. The number of hydrogen-bond donors (Lipinski definition) is 1. The molecule has 0 bridgehead atoms. The van der Waals surface area contributed by atoms with E-state index >= 15 is 0 Å². The maximum absolute atomic E-state index is 10.9. The molecule has 0 saturated heterocycles. The lowest BCUT2D eigenvalue weighted by Gasteiger charge is -2.15. The number of rotatable bonds is 0. The fourth-order valence-electron chi connectivity index (χ4n) is 1.32. The number of amides is 1. The molecule has 1 amide bonds. The van der Waals surface area contributed by atoms with Crippen LogP contribution in [0.2, 0.25) is 0 Å². The van der Waals surface area contributed by atoms with Crippen molar-refractivity contribution in [3.63, 3.8) is 0 Å². The van der Waals surface area contributed by atoms with Crippen LogP contribution < -0.4 is 5.32 Å². The van der Waals surface area contributed by atoms with Gasteiger partial charge in [-0.25, -0.2) is 0 Å². The van der Waals surface area contributed by atoms with Gasteiger partial charge >= 0.3 is 0 Å². The van der Waals surface area contributed by atoms with Crippen LogP contribution in [0.4, 0.5) is 5.69 Å². The van der Waals surface area contributed by atoms with Crippen molar-refractivity contribution in [3.8, 4) is 0 Å². The van der Waals surface area contributed by atoms with Crippen molar-refractivity contribution in [3.05, 3.63) is 29.8 Å². The monoisotopic (exact) mass is 207 g/mol. The number of hydrogen-bond acceptors (Lipinski definition) is 1. The summed E-state index contributed by atoms with van der Waals surface area (Å²) in [6.45, 7) is 8.00. The predicted octanol–water partition coefficient (Wildman–Crippen LogP) is 3.62. The summed E-state index contributed by atoms with van der Waals surface area (Å²) in [5.74, 6) is 0.128. The van der Waals surface area contributed by atoms with Crippen molar-refractivity contribution in [2.75, 3.05) is 5.32 Å². The highest BCUT2D eigenvalue weighted by Crippen LogP contribution is 2.20. The van der Waals surface area contributed by atoms with Crippen molar-refractivity contribution in [1.29, 1.82) is 0 Å². The van der Waals surface area contributed by atoms with Crippen LogP contribution in [0.1, 0.15) is 39.7 Å². The van der Waals surface area contributed by atoms with Crippen molar-refractivity contribution in [2.45, 2.75) is 40.5 Å². The highest BCUT2D eigenvalue weighted by atomic mass is 16.1. The van der Waals surface area contributed by atoms with Gasteiger partial charge in [-0.05, 0) is 18.1 Å². The molecule has 0 atom stereocenters. The molecule has 1 N–H and O–H groups in total. The van der Waals surface area contributed by atoms with Crippen molar-refractivity contribution < 1.29 is 4.79 Å². The number of anilines is 1. The Morgan fingerprint density at radius 1 is 1.00 bits per heavy atom. The highest BCUT2D eigenvalue weighted by molar-refractivity contribution is 5.93. The number of carbonyl (C=O) groups excluding carboxylic acids is 1. The van der Waals surface area contributed by atoms with Gasteiger partial charge in [0.1, 0.15) is 0 Å². The van der Waals surface area contributed by atoms with Crippen LogP contribution >= 0.6 is 0 Å². The van der Waals surface area contributed by atoms with E-state index in [0.29, 0.717) is 6.42 Å². The largest absolute Gasteiger partial charge is 0.326 e. The summed E-state index contributed by atoms with van der Waals surface area (Å²) in [6.07, 6.45) is 1.50. The molecule has 1 aromatic carbocycles. The Morgan fingerprint density at radius 3 is 2.27 bits per heavy atom. The second kappa shape index (κ2) is 8.04. The van der Waals surface area contributed by atoms with E-state index < -0.39 is 0 Å². The van der Waals surface area contributed by atoms with Crippen LogP contribution in [0.15, 0.2) is 24.3 Å². The molecule has 1 aliphatic heterocycles. The molecule has 0 fully saturated rings. The molecule has 0 saturated carbocycles. The van der Waals surface area contributed by atoms with Gasteiger partial charge in [0, 0.05) is 12.1 Å². The summed E-state index contributed by atoms with van der Waals surface area (Å²) in [5.41, 5.74) is 2.22. The first-order valence-electron chi connectivity index (χ1n) is 5.74. The molecule has 2 nitrogen and oxygen atoms in total. The molecule has 0 aliphatic carbocycles. The van der Waals surface area contributed by atoms with E-state index in [1.165, 1.54) is 5.56 Å². The number of nitrogens with one attached hydrogen (secondary N) is 1. The van der Waals surface area contributed by atoms with Crippen molar-refractivity contribution in [2.24, 2.45) is 0 Å². The smallest absolute Gasteiger partial charge is 0.224 e. The summed E-state index contributed by atoms with van der Waals surface area (Å²) in [5, 5.41) is 2.82. The lowest BCUT2D eigenvalue weighted by molar-refractivity contribution is -0.116. The van der Waals surface area contributed by atoms with E-state index in [2.05, 4.69) is 11.4 Å². The quantitative estimate of drug-likeness (QED) is 0.691. The van der Waals surface area contributed by atoms with Crippen molar-refractivity contribution in [1.82, 2.24) is 0 Å². The average molecular weight is 207 g/mol. The number of carbonyl (C=O) groups is 1. The van der Waals surface area contributed by atoms with Crippen LogP contribution in [0, 0.1) is 0 Å². The van der Waals surface area contributed by atoms with Crippen LogP contribution in [-0.4, -0.2) is 5.91 Å². The van der Waals surface area contributed by atoms with Gasteiger partial charge < -0.3 is 5.32 Å². The third kappa shape index (κ3) is 4.15. The SMILES string of the molecule is CC.CC.O=C1CCc2ccccc2N1. The van der Waals surface area contributed by atoms with Gasteiger partial charge in [0.2, 0.25) is 5.91 Å². The van der Waals surface area contributed by atoms with Gasteiger partial charge in [0.25, 0.3) is 0 Å². The zero-order valence-corrected chi connectivity index (χ0v) is 10.1. The summed E-state index contributed by atoms with van der Waals surface area (Å²) in [7, 11) is 0. The zero-order chi connectivity index (χ0) is 11.7.